The van der Waals surface area contributed by atoms with Crippen molar-refractivity contribution in [1.29, 1.82) is 0 Å². The standard InChI is InChI=1S/C22H16BrN3/c23-21-20(17-11-5-2-6-12-17)24-22-25(15-16-9-3-1-4-10-16)18-13-7-8-14-19(18)26(21)22/h1-14H,15H2. The summed E-state index contributed by atoms with van der Waals surface area (Å²) in [5.74, 6) is 0.945. The highest BCUT2D eigenvalue weighted by Crippen LogP contribution is 2.33. The number of nitrogens with zero attached hydrogens (tertiary/aromatic N) is 3. The maximum absolute atomic E-state index is 4.99. The van der Waals surface area contributed by atoms with Gasteiger partial charge < -0.3 is 4.57 Å². The van der Waals surface area contributed by atoms with Gasteiger partial charge in [-0.25, -0.2) is 4.98 Å². The average Bonchev–Trinajstić information content (AvgIpc) is 3.19. The fraction of sp³-hybridized carbons (Fsp3) is 0.0455. The Labute approximate surface area is 159 Å². The van der Waals surface area contributed by atoms with Gasteiger partial charge in [0.15, 0.2) is 0 Å². The predicted octanol–water partition coefficient (Wildman–Crippen LogP) is 5.77. The van der Waals surface area contributed by atoms with Crippen LogP contribution in [0.5, 0.6) is 0 Å². The van der Waals surface area contributed by atoms with Gasteiger partial charge in [-0.15, -0.1) is 0 Å². The molecule has 3 aromatic carbocycles. The minimum atomic E-state index is 0.787. The van der Waals surface area contributed by atoms with Gasteiger partial charge in [0.05, 0.1) is 17.6 Å². The van der Waals surface area contributed by atoms with Crippen molar-refractivity contribution in [3.05, 3.63) is 95.1 Å². The summed E-state index contributed by atoms with van der Waals surface area (Å²) in [5, 5.41) is 0. The molecule has 0 atom stereocenters. The summed E-state index contributed by atoms with van der Waals surface area (Å²) in [5.41, 5.74) is 5.67. The second-order valence-electron chi connectivity index (χ2n) is 6.31. The molecule has 0 aliphatic heterocycles. The van der Waals surface area contributed by atoms with Crippen molar-refractivity contribution in [2.75, 3.05) is 0 Å². The maximum Gasteiger partial charge on any atom is 0.216 e. The number of hydrogen-bond donors (Lipinski definition) is 0. The van der Waals surface area contributed by atoms with Gasteiger partial charge in [-0.2, -0.15) is 0 Å². The molecule has 26 heavy (non-hydrogen) atoms. The Morgan fingerprint density at radius 3 is 2.08 bits per heavy atom. The summed E-state index contributed by atoms with van der Waals surface area (Å²) >= 11 is 3.80. The predicted molar refractivity (Wildman–Crippen MR) is 109 cm³/mol. The van der Waals surface area contributed by atoms with E-state index < -0.39 is 0 Å². The number of rotatable bonds is 3. The van der Waals surface area contributed by atoms with Crippen LogP contribution < -0.4 is 0 Å². The minimum Gasteiger partial charge on any atom is -0.305 e. The quantitative estimate of drug-likeness (QED) is 0.376. The molecular formula is C22H16BrN3. The van der Waals surface area contributed by atoms with Gasteiger partial charge in [-0.05, 0) is 33.6 Å². The van der Waals surface area contributed by atoms with Crippen LogP contribution in [-0.2, 0) is 6.54 Å². The van der Waals surface area contributed by atoms with Crippen LogP contribution in [0.4, 0.5) is 0 Å². The Balaban J connectivity index is 1.79. The summed E-state index contributed by atoms with van der Waals surface area (Å²) in [6, 6.07) is 29.3. The van der Waals surface area contributed by atoms with Crippen LogP contribution in [0.15, 0.2) is 89.5 Å². The normalized spacial score (nSPS) is 11.4. The van der Waals surface area contributed by atoms with Crippen LogP contribution in [0.3, 0.4) is 0 Å². The van der Waals surface area contributed by atoms with E-state index >= 15 is 0 Å². The Bertz CT molecular complexity index is 1200. The Kier molecular flexibility index (Phi) is 3.64. The number of halogens is 1. The highest BCUT2D eigenvalue weighted by atomic mass is 79.9. The summed E-state index contributed by atoms with van der Waals surface area (Å²) in [6.45, 7) is 0.787. The zero-order valence-corrected chi connectivity index (χ0v) is 15.6. The number of benzene rings is 3. The summed E-state index contributed by atoms with van der Waals surface area (Å²) in [7, 11) is 0. The van der Waals surface area contributed by atoms with Crippen LogP contribution in [0.25, 0.3) is 28.1 Å². The fourth-order valence-corrected chi connectivity index (χ4v) is 4.14. The third-order valence-electron chi connectivity index (χ3n) is 4.69. The van der Waals surface area contributed by atoms with Crippen LogP contribution >= 0.6 is 15.9 Å². The van der Waals surface area contributed by atoms with E-state index in [-0.39, 0.29) is 0 Å². The van der Waals surface area contributed by atoms with E-state index in [0.29, 0.717) is 0 Å². The molecule has 3 nitrogen and oxygen atoms in total. The molecule has 4 heteroatoms. The van der Waals surface area contributed by atoms with Gasteiger partial charge in [-0.1, -0.05) is 72.8 Å². The van der Waals surface area contributed by atoms with Gasteiger partial charge >= 0.3 is 0 Å². The second-order valence-corrected chi connectivity index (χ2v) is 7.06. The Morgan fingerprint density at radius 1 is 0.731 bits per heavy atom. The van der Waals surface area contributed by atoms with Crippen molar-refractivity contribution in [1.82, 2.24) is 14.0 Å². The summed E-state index contributed by atoms with van der Waals surface area (Å²) in [4.78, 5) is 4.99. The van der Waals surface area contributed by atoms with Crippen molar-refractivity contribution in [3.8, 4) is 11.3 Å². The molecule has 0 aliphatic carbocycles. The zero-order valence-electron chi connectivity index (χ0n) is 14.0. The van der Waals surface area contributed by atoms with Crippen molar-refractivity contribution in [2.24, 2.45) is 0 Å². The molecule has 126 valence electrons. The number of para-hydroxylation sites is 2. The molecule has 5 aromatic rings. The first-order chi connectivity index (χ1) is 12.8. The molecule has 0 unspecified atom stereocenters. The second kappa shape index (κ2) is 6.15. The van der Waals surface area contributed by atoms with Gasteiger partial charge in [0.25, 0.3) is 0 Å². The highest BCUT2D eigenvalue weighted by Gasteiger charge is 2.19. The van der Waals surface area contributed by atoms with E-state index in [1.165, 1.54) is 11.1 Å². The highest BCUT2D eigenvalue weighted by molar-refractivity contribution is 9.10. The van der Waals surface area contributed by atoms with E-state index in [4.69, 9.17) is 4.98 Å². The lowest BCUT2D eigenvalue weighted by molar-refractivity contribution is 0.845. The molecular weight excluding hydrogens is 386 g/mol. The molecule has 0 saturated carbocycles. The first-order valence-electron chi connectivity index (χ1n) is 8.57. The fourth-order valence-electron chi connectivity index (χ4n) is 3.48. The number of aromatic nitrogens is 3. The number of imidazole rings is 2. The maximum atomic E-state index is 4.99. The molecule has 5 rings (SSSR count). The van der Waals surface area contributed by atoms with E-state index in [2.05, 4.69) is 85.6 Å². The Hall–Kier alpha value is -2.85. The van der Waals surface area contributed by atoms with Gasteiger partial charge in [0.2, 0.25) is 5.78 Å². The minimum absolute atomic E-state index is 0.787. The SMILES string of the molecule is Brc1c(-c2ccccc2)nc2n(Cc3ccccc3)c3ccccc3n12. The molecule has 0 spiro atoms. The molecule has 0 fully saturated rings. The van der Waals surface area contributed by atoms with Crippen molar-refractivity contribution in [3.63, 3.8) is 0 Å². The van der Waals surface area contributed by atoms with Gasteiger partial charge in [0.1, 0.15) is 10.3 Å². The smallest absolute Gasteiger partial charge is 0.216 e. The molecule has 0 radical (unpaired) electrons. The lowest BCUT2D eigenvalue weighted by Crippen LogP contribution is -2.00. The number of fused-ring (bicyclic) bond motifs is 3. The monoisotopic (exact) mass is 401 g/mol. The topological polar surface area (TPSA) is 22.2 Å². The third-order valence-corrected chi connectivity index (χ3v) is 5.42. The van der Waals surface area contributed by atoms with Crippen molar-refractivity contribution < 1.29 is 0 Å². The van der Waals surface area contributed by atoms with E-state index in [9.17, 15) is 0 Å². The van der Waals surface area contributed by atoms with E-state index in [1.807, 2.05) is 24.3 Å². The molecule has 2 aromatic heterocycles. The van der Waals surface area contributed by atoms with Crippen LogP contribution in [0.2, 0.25) is 0 Å². The average molecular weight is 402 g/mol. The lowest BCUT2D eigenvalue weighted by Gasteiger charge is -2.05. The van der Waals surface area contributed by atoms with Gasteiger partial charge in [-0.3, -0.25) is 4.40 Å². The summed E-state index contributed by atoms with van der Waals surface area (Å²) < 4.78 is 5.46. The van der Waals surface area contributed by atoms with E-state index in [0.717, 1.165) is 33.7 Å². The first kappa shape index (κ1) is 15.4. The molecule has 0 aliphatic rings. The van der Waals surface area contributed by atoms with Gasteiger partial charge in [0, 0.05) is 5.56 Å². The number of hydrogen-bond acceptors (Lipinski definition) is 1. The molecule has 0 bridgehead atoms. The van der Waals surface area contributed by atoms with Crippen molar-refractivity contribution in [2.45, 2.75) is 6.54 Å². The molecule has 0 amide bonds. The lowest BCUT2D eigenvalue weighted by atomic mass is 10.2. The Morgan fingerprint density at radius 2 is 1.35 bits per heavy atom. The van der Waals surface area contributed by atoms with E-state index in [1.54, 1.807) is 0 Å². The third kappa shape index (κ3) is 2.37. The van der Waals surface area contributed by atoms with Crippen molar-refractivity contribution >= 4 is 32.7 Å². The summed E-state index contributed by atoms with van der Waals surface area (Å²) in [6.07, 6.45) is 0. The first-order valence-corrected chi connectivity index (χ1v) is 9.37. The largest absolute Gasteiger partial charge is 0.305 e. The molecule has 2 heterocycles. The van der Waals surface area contributed by atoms with Crippen LogP contribution in [0.1, 0.15) is 5.56 Å². The van der Waals surface area contributed by atoms with Crippen LogP contribution in [-0.4, -0.2) is 14.0 Å². The van der Waals surface area contributed by atoms with Crippen LogP contribution in [0, 0.1) is 0 Å². The zero-order chi connectivity index (χ0) is 17.5. The molecule has 0 N–H and O–H groups in total. The molecule has 0 saturated heterocycles.